The molecule has 1 fully saturated rings. The quantitative estimate of drug-likeness (QED) is 0.510. The van der Waals surface area contributed by atoms with Crippen molar-refractivity contribution in [2.24, 2.45) is 5.41 Å². The summed E-state index contributed by atoms with van der Waals surface area (Å²) in [6.45, 7) is 7.98. The second-order valence-corrected chi connectivity index (χ2v) is 8.60. The summed E-state index contributed by atoms with van der Waals surface area (Å²) in [6.07, 6.45) is 7.01. The first-order chi connectivity index (χ1) is 12.5. The second-order valence-electron chi connectivity index (χ2n) is 8.60. The zero-order valence-electron chi connectivity index (χ0n) is 16.9. The van der Waals surface area contributed by atoms with Crippen molar-refractivity contribution in [1.82, 2.24) is 15.3 Å². The molecular weight excluding hydrogens is 389 g/mol. The topological polar surface area (TPSA) is 40.7 Å². The molecule has 0 bridgehead atoms. The Morgan fingerprint density at radius 1 is 1.04 bits per heavy atom. The SMILES string of the molecule is Cc1cc(-c2ccc3[nH]cnc3c2)ccc1CNC1CCC(C)(C)CC1.Cl.Cl. The Morgan fingerprint density at radius 3 is 2.43 bits per heavy atom. The van der Waals surface area contributed by atoms with Crippen molar-refractivity contribution in [3.63, 3.8) is 0 Å². The number of nitrogens with zero attached hydrogens (tertiary/aromatic N) is 1. The average Bonchev–Trinajstić information content (AvgIpc) is 3.09. The molecule has 5 heteroatoms. The van der Waals surface area contributed by atoms with Crippen LogP contribution in [0.2, 0.25) is 0 Å². The van der Waals surface area contributed by atoms with Crippen LogP contribution >= 0.6 is 24.8 Å². The monoisotopic (exact) mass is 419 g/mol. The maximum atomic E-state index is 4.37. The van der Waals surface area contributed by atoms with Crippen LogP contribution in [0.1, 0.15) is 50.7 Å². The Hall–Kier alpha value is -1.55. The number of aromatic amines is 1. The van der Waals surface area contributed by atoms with Crippen LogP contribution in [0.4, 0.5) is 0 Å². The van der Waals surface area contributed by atoms with Crippen molar-refractivity contribution in [3.05, 3.63) is 53.9 Å². The Kier molecular flexibility index (Phi) is 7.55. The first kappa shape index (κ1) is 22.7. The summed E-state index contributed by atoms with van der Waals surface area (Å²) >= 11 is 0. The molecule has 3 nitrogen and oxygen atoms in total. The average molecular weight is 420 g/mol. The van der Waals surface area contributed by atoms with Gasteiger partial charge in [-0.2, -0.15) is 0 Å². The van der Waals surface area contributed by atoms with Crippen molar-refractivity contribution in [1.29, 1.82) is 0 Å². The molecule has 1 aromatic heterocycles. The number of rotatable bonds is 4. The minimum atomic E-state index is 0. The van der Waals surface area contributed by atoms with E-state index in [1.807, 2.05) is 0 Å². The van der Waals surface area contributed by atoms with Crippen LogP contribution in [0.25, 0.3) is 22.2 Å². The third-order valence-electron chi connectivity index (χ3n) is 6.02. The number of nitrogens with one attached hydrogen (secondary N) is 2. The fraction of sp³-hybridized carbons (Fsp3) is 0.435. The van der Waals surface area contributed by atoms with E-state index in [0.717, 1.165) is 17.6 Å². The molecule has 1 aliphatic rings. The molecule has 0 unspecified atom stereocenters. The maximum Gasteiger partial charge on any atom is 0.0931 e. The van der Waals surface area contributed by atoms with E-state index in [-0.39, 0.29) is 24.8 Å². The summed E-state index contributed by atoms with van der Waals surface area (Å²) in [4.78, 5) is 7.52. The highest BCUT2D eigenvalue weighted by molar-refractivity contribution is 5.85. The van der Waals surface area contributed by atoms with Gasteiger partial charge in [-0.3, -0.25) is 0 Å². The van der Waals surface area contributed by atoms with Crippen LogP contribution in [-0.2, 0) is 6.54 Å². The molecule has 152 valence electrons. The Morgan fingerprint density at radius 2 is 1.71 bits per heavy atom. The maximum absolute atomic E-state index is 4.37. The zero-order chi connectivity index (χ0) is 18.1. The second kappa shape index (κ2) is 9.30. The van der Waals surface area contributed by atoms with E-state index in [4.69, 9.17) is 0 Å². The summed E-state index contributed by atoms with van der Waals surface area (Å²) in [5.74, 6) is 0. The van der Waals surface area contributed by atoms with Crippen LogP contribution in [0.5, 0.6) is 0 Å². The van der Waals surface area contributed by atoms with Gasteiger partial charge in [0.25, 0.3) is 0 Å². The van der Waals surface area contributed by atoms with Gasteiger partial charge in [0.2, 0.25) is 0 Å². The Balaban J connectivity index is 0.00000140. The lowest BCUT2D eigenvalue weighted by Crippen LogP contribution is -2.35. The third-order valence-corrected chi connectivity index (χ3v) is 6.02. The molecule has 3 aromatic rings. The van der Waals surface area contributed by atoms with Gasteiger partial charge < -0.3 is 10.3 Å². The van der Waals surface area contributed by atoms with Crippen LogP contribution in [0.15, 0.2) is 42.7 Å². The molecule has 0 saturated heterocycles. The van der Waals surface area contributed by atoms with Gasteiger partial charge in [0.05, 0.1) is 17.4 Å². The fourth-order valence-corrected chi connectivity index (χ4v) is 4.04. The van der Waals surface area contributed by atoms with Crippen molar-refractivity contribution < 1.29 is 0 Å². The molecule has 1 aliphatic carbocycles. The minimum absolute atomic E-state index is 0. The molecule has 1 heterocycles. The number of aromatic nitrogens is 2. The number of imidazole rings is 1. The van der Waals surface area contributed by atoms with Gasteiger partial charge in [-0.15, -0.1) is 24.8 Å². The largest absolute Gasteiger partial charge is 0.345 e. The lowest BCUT2D eigenvalue weighted by molar-refractivity contribution is 0.206. The van der Waals surface area contributed by atoms with Crippen LogP contribution in [0.3, 0.4) is 0 Å². The van der Waals surface area contributed by atoms with Gasteiger partial charge in [-0.05, 0) is 72.4 Å². The number of hydrogen-bond donors (Lipinski definition) is 2. The summed E-state index contributed by atoms with van der Waals surface area (Å²) in [5.41, 5.74) is 7.88. The summed E-state index contributed by atoms with van der Waals surface area (Å²) in [7, 11) is 0. The van der Waals surface area contributed by atoms with Gasteiger partial charge in [0, 0.05) is 12.6 Å². The highest BCUT2D eigenvalue weighted by Crippen LogP contribution is 2.35. The summed E-state index contributed by atoms with van der Waals surface area (Å²) in [6, 6.07) is 13.9. The smallest absolute Gasteiger partial charge is 0.0931 e. The van der Waals surface area contributed by atoms with E-state index < -0.39 is 0 Å². The van der Waals surface area contributed by atoms with Crippen molar-refractivity contribution in [2.75, 3.05) is 0 Å². The number of fused-ring (bicyclic) bond motifs is 1. The molecule has 2 aromatic carbocycles. The predicted molar refractivity (Wildman–Crippen MR) is 124 cm³/mol. The third kappa shape index (κ3) is 5.08. The lowest BCUT2D eigenvalue weighted by atomic mass is 9.75. The van der Waals surface area contributed by atoms with Crippen LogP contribution in [-0.4, -0.2) is 16.0 Å². The molecular formula is C23H31Cl2N3. The number of hydrogen-bond acceptors (Lipinski definition) is 2. The lowest BCUT2D eigenvalue weighted by Gasteiger charge is -2.34. The van der Waals surface area contributed by atoms with E-state index in [0.29, 0.717) is 11.5 Å². The Bertz CT molecular complexity index is 907. The van der Waals surface area contributed by atoms with Crippen LogP contribution in [0, 0.1) is 12.3 Å². The van der Waals surface area contributed by atoms with Crippen molar-refractivity contribution in [2.45, 2.75) is 59.0 Å². The molecule has 2 N–H and O–H groups in total. The van der Waals surface area contributed by atoms with Crippen LogP contribution < -0.4 is 5.32 Å². The van der Waals surface area contributed by atoms with Gasteiger partial charge in [0.15, 0.2) is 0 Å². The molecule has 4 rings (SSSR count). The fourth-order valence-electron chi connectivity index (χ4n) is 4.04. The summed E-state index contributed by atoms with van der Waals surface area (Å²) < 4.78 is 0. The van der Waals surface area contributed by atoms with Gasteiger partial charge >= 0.3 is 0 Å². The highest BCUT2D eigenvalue weighted by Gasteiger charge is 2.26. The molecule has 0 spiro atoms. The standard InChI is InChI=1S/C23H29N3.2ClH/c1-16-12-17(18-6-7-21-22(13-18)26-15-25-21)4-5-19(16)14-24-20-8-10-23(2,3)11-9-20;;/h4-7,12-13,15,20,24H,8-11,14H2,1-3H3,(H,25,26);2*1H. The zero-order valence-corrected chi connectivity index (χ0v) is 18.6. The number of H-pyrrole nitrogens is 1. The van der Waals surface area contributed by atoms with E-state index in [9.17, 15) is 0 Å². The first-order valence-electron chi connectivity index (χ1n) is 9.77. The van der Waals surface area contributed by atoms with Gasteiger partial charge in [-0.25, -0.2) is 4.98 Å². The van der Waals surface area contributed by atoms with Crippen molar-refractivity contribution >= 4 is 35.8 Å². The molecule has 28 heavy (non-hydrogen) atoms. The Labute approximate surface area is 180 Å². The highest BCUT2D eigenvalue weighted by atomic mass is 35.5. The van der Waals surface area contributed by atoms with Crippen molar-refractivity contribution in [3.8, 4) is 11.1 Å². The van der Waals surface area contributed by atoms with E-state index >= 15 is 0 Å². The minimum Gasteiger partial charge on any atom is -0.345 e. The molecule has 0 atom stereocenters. The molecule has 1 saturated carbocycles. The molecule has 0 aliphatic heterocycles. The van der Waals surface area contributed by atoms with E-state index in [1.165, 1.54) is 47.9 Å². The molecule has 0 radical (unpaired) electrons. The normalized spacial score (nSPS) is 16.4. The van der Waals surface area contributed by atoms with E-state index in [2.05, 4.69) is 72.5 Å². The molecule has 0 amide bonds. The van der Waals surface area contributed by atoms with Gasteiger partial charge in [0.1, 0.15) is 0 Å². The van der Waals surface area contributed by atoms with E-state index in [1.54, 1.807) is 6.33 Å². The predicted octanol–water partition coefficient (Wildman–Crippen LogP) is 6.44. The number of halogens is 2. The first-order valence-corrected chi connectivity index (χ1v) is 9.77. The summed E-state index contributed by atoms with van der Waals surface area (Å²) in [5, 5.41) is 3.78. The number of benzene rings is 2. The number of aryl methyl sites for hydroxylation is 1. The van der Waals surface area contributed by atoms with Gasteiger partial charge in [-0.1, -0.05) is 38.1 Å².